The summed E-state index contributed by atoms with van der Waals surface area (Å²) in [6.45, 7) is 0. The predicted molar refractivity (Wildman–Crippen MR) is 77.7 cm³/mol. The highest BCUT2D eigenvalue weighted by molar-refractivity contribution is 7.22. The van der Waals surface area contributed by atoms with Gasteiger partial charge in [0.1, 0.15) is 4.70 Å². The Morgan fingerprint density at radius 1 is 1.38 bits per heavy atom. The predicted octanol–water partition coefficient (Wildman–Crippen LogP) is 3.18. The van der Waals surface area contributed by atoms with Crippen molar-refractivity contribution in [3.63, 3.8) is 0 Å². The minimum Gasteiger partial charge on any atom is -0.321 e. The number of rotatable bonds is 1. The van der Waals surface area contributed by atoms with Gasteiger partial charge in [-0.15, -0.1) is 11.3 Å². The van der Waals surface area contributed by atoms with E-state index in [0.29, 0.717) is 21.3 Å². The standard InChI is InChI=1S/C14H9F2N3OS/c15-14(16)2-1-10-9(4-14)8-3-11(7-5-17-18-6-7)21-12(8)13(20)19-10/h1-3,5-6H,4H2,(H,17,18)(H,19,20). The van der Waals surface area contributed by atoms with Crippen molar-refractivity contribution in [2.24, 2.45) is 0 Å². The van der Waals surface area contributed by atoms with Crippen LogP contribution in [0.15, 0.2) is 29.3 Å². The zero-order valence-electron chi connectivity index (χ0n) is 10.6. The summed E-state index contributed by atoms with van der Waals surface area (Å²) in [6.07, 6.45) is 5.07. The Labute approximate surface area is 121 Å². The number of H-pyrrole nitrogens is 2. The summed E-state index contributed by atoms with van der Waals surface area (Å²) in [5.74, 6) is -2.88. The van der Waals surface area contributed by atoms with Crippen LogP contribution in [-0.2, 0) is 6.42 Å². The maximum atomic E-state index is 13.6. The fourth-order valence-electron chi connectivity index (χ4n) is 2.54. The summed E-state index contributed by atoms with van der Waals surface area (Å²) in [6, 6.07) is 1.79. The minimum absolute atomic E-state index is 0.252. The molecule has 0 saturated carbocycles. The third kappa shape index (κ3) is 1.92. The molecule has 1 aliphatic rings. The molecule has 0 bridgehead atoms. The molecule has 0 amide bonds. The zero-order chi connectivity index (χ0) is 14.6. The van der Waals surface area contributed by atoms with Gasteiger partial charge in [-0.3, -0.25) is 9.89 Å². The molecule has 0 fully saturated rings. The van der Waals surface area contributed by atoms with E-state index in [0.717, 1.165) is 16.5 Å². The van der Waals surface area contributed by atoms with Crippen molar-refractivity contribution in [2.45, 2.75) is 12.3 Å². The maximum Gasteiger partial charge on any atom is 0.270 e. The summed E-state index contributed by atoms with van der Waals surface area (Å²) < 4.78 is 27.7. The Hall–Kier alpha value is -2.28. The summed E-state index contributed by atoms with van der Waals surface area (Å²) >= 11 is 1.28. The van der Waals surface area contributed by atoms with Gasteiger partial charge in [-0.25, -0.2) is 8.78 Å². The number of aromatic nitrogens is 3. The number of alkyl halides is 2. The van der Waals surface area contributed by atoms with Crippen LogP contribution < -0.4 is 5.56 Å². The smallest absolute Gasteiger partial charge is 0.270 e. The van der Waals surface area contributed by atoms with E-state index in [-0.39, 0.29) is 5.56 Å². The summed E-state index contributed by atoms with van der Waals surface area (Å²) in [4.78, 5) is 15.6. The van der Waals surface area contributed by atoms with E-state index in [2.05, 4.69) is 15.2 Å². The number of hydrogen-bond acceptors (Lipinski definition) is 3. The molecule has 1 aliphatic carbocycles. The van der Waals surface area contributed by atoms with Gasteiger partial charge in [0.05, 0.1) is 6.20 Å². The fraction of sp³-hybridized carbons (Fsp3) is 0.143. The van der Waals surface area contributed by atoms with Crippen LogP contribution in [0.3, 0.4) is 0 Å². The van der Waals surface area contributed by atoms with E-state index in [9.17, 15) is 13.6 Å². The van der Waals surface area contributed by atoms with Gasteiger partial charge in [-0.05, 0) is 23.8 Å². The van der Waals surface area contributed by atoms with E-state index < -0.39 is 12.3 Å². The molecule has 3 heterocycles. The molecule has 7 heteroatoms. The molecule has 0 spiro atoms. The molecule has 106 valence electrons. The number of fused-ring (bicyclic) bond motifs is 3. The van der Waals surface area contributed by atoms with Gasteiger partial charge in [0.2, 0.25) is 0 Å². The SMILES string of the molecule is O=c1[nH]c2c(c3cc(-c4cn[nH]c4)sc13)CC(F)(F)C=C2. The Balaban J connectivity index is 2.02. The highest BCUT2D eigenvalue weighted by atomic mass is 32.1. The van der Waals surface area contributed by atoms with Crippen LogP contribution >= 0.6 is 11.3 Å². The molecular weight excluding hydrogens is 296 g/mol. The van der Waals surface area contributed by atoms with Gasteiger partial charge in [0.25, 0.3) is 11.5 Å². The third-order valence-electron chi connectivity index (χ3n) is 3.53. The summed E-state index contributed by atoms with van der Waals surface area (Å²) in [5, 5.41) is 7.16. The van der Waals surface area contributed by atoms with E-state index in [4.69, 9.17) is 0 Å². The molecule has 3 aromatic heterocycles. The third-order valence-corrected chi connectivity index (χ3v) is 4.71. The Kier molecular flexibility index (Phi) is 2.44. The fourth-order valence-corrected chi connectivity index (χ4v) is 3.61. The number of halogens is 2. The zero-order valence-corrected chi connectivity index (χ0v) is 11.4. The van der Waals surface area contributed by atoms with Crippen molar-refractivity contribution in [3.05, 3.63) is 46.1 Å². The van der Waals surface area contributed by atoms with E-state index in [1.54, 1.807) is 18.5 Å². The van der Waals surface area contributed by atoms with E-state index >= 15 is 0 Å². The first-order valence-electron chi connectivity index (χ1n) is 6.28. The molecule has 0 aliphatic heterocycles. The number of pyridine rings is 1. The summed E-state index contributed by atoms with van der Waals surface area (Å²) in [5.41, 5.74) is 1.54. The van der Waals surface area contributed by atoms with Crippen molar-refractivity contribution in [1.82, 2.24) is 15.2 Å². The van der Waals surface area contributed by atoms with Crippen molar-refractivity contribution in [2.75, 3.05) is 0 Å². The van der Waals surface area contributed by atoms with Gasteiger partial charge in [-0.1, -0.05) is 0 Å². The van der Waals surface area contributed by atoms with E-state index in [1.165, 1.54) is 17.4 Å². The van der Waals surface area contributed by atoms with Crippen LogP contribution in [0, 0.1) is 0 Å². The molecule has 2 N–H and O–H groups in total. The maximum absolute atomic E-state index is 13.6. The molecule has 0 atom stereocenters. The van der Waals surface area contributed by atoms with Crippen molar-refractivity contribution in [3.8, 4) is 10.4 Å². The highest BCUT2D eigenvalue weighted by Gasteiger charge is 2.32. The second-order valence-electron chi connectivity index (χ2n) is 4.96. The lowest BCUT2D eigenvalue weighted by Gasteiger charge is -2.19. The average Bonchev–Trinajstić information content (AvgIpc) is 3.07. The highest BCUT2D eigenvalue weighted by Crippen LogP contribution is 2.37. The molecule has 4 rings (SSSR count). The number of thiophene rings is 1. The molecule has 4 nitrogen and oxygen atoms in total. The monoisotopic (exact) mass is 305 g/mol. The van der Waals surface area contributed by atoms with Crippen molar-refractivity contribution < 1.29 is 8.78 Å². The van der Waals surface area contributed by atoms with Crippen LogP contribution in [0.2, 0.25) is 0 Å². The first-order valence-corrected chi connectivity index (χ1v) is 7.10. The normalized spacial score (nSPS) is 16.3. The van der Waals surface area contributed by atoms with Crippen LogP contribution in [0.1, 0.15) is 11.3 Å². The van der Waals surface area contributed by atoms with Gasteiger partial charge < -0.3 is 4.98 Å². The lowest BCUT2D eigenvalue weighted by molar-refractivity contribution is 0.0555. The second-order valence-corrected chi connectivity index (χ2v) is 6.01. The van der Waals surface area contributed by atoms with Crippen molar-refractivity contribution >= 4 is 27.5 Å². The number of hydrogen-bond donors (Lipinski definition) is 2. The second kappa shape index (κ2) is 4.11. The lowest BCUT2D eigenvalue weighted by Crippen LogP contribution is -2.22. The lowest BCUT2D eigenvalue weighted by atomic mass is 9.96. The first-order chi connectivity index (χ1) is 10.0. The topological polar surface area (TPSA) is 61.5 Å². The first kappa shape index (κ1) is 12.5. The number of aromatic amines is 2. The Bertz CT molecular complexity index is 922. The van der Waals surface area contributed by atoms with Crippen molar-refractivity contribution in [1.29, 1.82) is 0 Å². The molecule has 3 aromatic rings. The molecule has 0 radical (unpaired) electrons. The van der Waals surface area contributed by atoms with Crippen LogP contribution in [0.4, 0.5) is 8.78 Å². The number of nitrogens with one attached hydrogen (secondary N) is 2. The van der Waals surface area contributed by atoms with Gasteiger partial charge in [0.15, 0.2) is 0 Å². The molecule has 0 aromatic carbocycles. The van der Waals surface area contributed by atoms with Crippen LogP contribution in [0.5, 0.6) is 0 Å². The quantitative estimate of drug-likeness (QED) is 0.725. The van der Waals surface area contributed by atoms with Crippen LogP contribution in [0.25, 0.3) is 26.6 Å². The largest absolute Gasteiger partial charge is 0.321 e. The van der Waals surface area contributed by atoms with E-state index in [1.807, 2.05) is 0 Å². The molecule has 21 heavy (non-hydrogen) atoms. The Morgan fingerprint density at radius 2 is 2.24 bits per heavy atom. The minimum atomic E-state index is -2.88. The number of allylic oxidation sites excluding steroid dienone is 1. The number of nitrogens with zero attached hydrogens (tertiary/aromatic N) is 1. The van der Waals surface area contributed by atoms with Gasteiger partial charge in [0, 0.05) is 34.1 Å². The molecule has 0 unspecified atom stereocenters. The Morgan fingerprint density at radius 3 is 3.00 bits per heavy atom. The molecule has 0 saturated heterocycles. The summed E-state index contributed by atoms with van der Waals surface area (Å²) in [7, 11) is 0. The van der Waals surface area contributed by atoms with Crippen LogP contribution in [-0.4, -0.2) is 21.1 Å². The molecular formula is C14H9F2N3OS. The van der Waals surface area contributed by atoms with Gasteiger partial charge in [-0.2, -0.15) is 5.10 Å². The average molecular weight is 305 g/mol. The van der Waals surface area contributed by atoms with Gasteiger partial charge >= 0.3 is 0 Å².